The largest absolute Gasteiger partial charge is 0.461 e. The summed E-state index contributed by atoms with van der Waals surface area (Å²) in [5.74, 6) is -0.0281. The lowest BCUT2D eigenvalue weighted by Crippen LogP contribution is -2.45. The van der Waals surface area contributed by atoms with Crippen LogP contribution in [0.15, 0.2) is 12.7 Å². The molecule has 0 saturated heterocycles. The number of carbonyl (C=O) groups excluding carboxylic acids is 1. The molecule has 1 saturated carbocycles. The van der Waals surface area contributed by atoms with Crippen molar-refractivity contribution < 1.29 is 9.53 Å². The summed E-state index contributed by atoms with van der Waals surface area (Å²) in [5, 5.41) is 0. The molecule has 2 nitrogen and oxygen atoms in total. The topological polar surface area (TPSA) is 26.3 Å². The number of esters is 1. The van der Waals surface area contributed by atoms with Gasteiger partial charge in [0.25, 0.3) is 0 Å². The summed E-state index contributed by atoms with van der Waals surface area (Å²) in [4.78, 5) is 12.3. The molecule has 1 rings (SSSR count). The molecule has 0 radical (unpaired) electrons. The molecule has 0 aromatic heterocycles. The maximum atomic E-state index is 12.3. The molecule has 0 aromatic carbocycles. The minimum Gasteiger partial charge on any atom is -0.461 e. The second kappa shape index (κ2) is 5.03. The fourth-order valence-electron chi connectivity index (χ4n) is 2.69. The van der Waals surface area contributed by atoms with Crippen LogP contribution in [0.3, 0.4) is 0 Å². The Bertz CT molecular complexity index is 254. The van der Waals surface area contributed by atoms with Gasteiger partial charge in [-0.15, -0.1) is 0 Å². The first-order valence-corrected chi connectivity index (χ1v) is 6.22. The number of ether oxygens (including phenoxy) is 1. The zero-order valence-corrected chi connectivity index (χ0v) is 10.8. The van der Waals surface area contributed by atoms with E-state index in [2.05, 4.69) is 27.4 Å². The zero-order valence-electron chi connectivity index (χ0n) is 10.8. The van der Waals surface area contributed by atoms with Crippen LogP contribution in [0, 0.1) is 10.8 Å². The van der Waals surface area contributed by atoms with Gasteiger partial charge in [-0.05, 0) is 18.3 Å². The minimum atomic E-state index is -0.283. The van der Waals surface area contributed by atoms with Gasteiger partial charge in [-0.1, -0.05) is 52.7 Å². The van der Waals surface area contributed by atoms with Crippen molar-refractivity contribution >= 4 is 5.97 Å². The second-order valence-electron chi connectivity index (χ2n) is 5.78. The van der Waals surface area contributed by atoms with Crippen LogP contribution in [0.1, 0.15) is 52.9 Å². The van der Waals surface area contributed by atoms with Crippen LogP contribution in [0.4, 0.5) is 0 Å². The number of hydrogen-bond acceptors (Lipinski definition) is 2. The van der Waals surface area contributed by atoms with Crippen molar-refractivity contribution in [2.45, 2.75) is 52.9 Å². The summed E-state index contributed by atoms with van der Waals surface area (Å²) < 4.78 is 5.30. The highest BCUT2D eigenvalue weighted by molar-refractivity contribution is 5.78. The van der Waals surface area contributed by atoms with Crippen LogP contribution in [0.25, 0.3) is 0 Å². The monoisotopic (exact) mass is 224 g/mol. The molecule has 1 fully saturated rings. The Labute approximate surface area is 99.1 Å². The van der Waals surface area contributed by atoms with Gasteiger partial charge >= 0.3 is 5.97 Å². The van der Waals surface area contributed by atoms with Crippen molar-refractivity contribution in [3.63, 3.8) is 0 Å². The van der Waals surface area contributed by atoms with E-state index in [1.54, 1.807) is 6.08 Å². The molecular weight excluding hydrogens is 200 g/mol. The van der Waals surface area contributed by atoms with E-state index in [1.807, 2.05) is 0 Å². The number of hydrogen-bond donors (Lipinski definition) is 0. The first-order chi connectivity index (χ1) is 7.44. The van der Waals surface area contributed by atoms with E-state index in [4.69, 9.17) is 4.74 Å². The van der Waals surface area contributed by atoms with E-state index in [-0.39, 0.29) is 16.8 Å². The Balaban J connectivity index is 2.85. The lowest BCUT2D eigenvalue weighted by atomic mass is 9.59. The summed E-state index contributed by atoms with van der Waals surface area (Å²) >= 11 is 0. The maximum absolute atomic E-state index is 12.3. The molecule has 0 aliphatic heterocycles. The Kier molecular flexibility index (Phi) is 4.17. The summed E-state index contributed by atoms with van der Waals surface area (Å²) in [7, 11) is 0. The van der Waals surface area contributed by atoms with Crippen molar-refractivity contribution in [3.8, 4) is 0 Å². The van der Waals surface area contributed by atoms with E-state index in [9.17, 15) is 4.79 Å². The smallest absolute Gasteiger partial charge is 0.312 e. The predicted octanol–water partition coefficient (Wildman–Crippen LogP) is 3.71. The maximum Gasteiger partial charge on any atom is 0.312 e. The van der Waals surface area contributed by atoms with E-state index in [0.29, 0.717) is 6.61 Å². The van der Waals surface area contributed by atoms with Gasteiger partial charge < -0.3 is 4.74 Å². The fourth-order valence-corrected chi connectivity index (χ4v) is 2.69. The van der Waals surface area contributed by atoms with Crippen molar-refractivity contribution in [2.24, 2.45) is 10.8 Å². The van der Waals surface area contributed by atoms with Gasteiger partial charge in [0.1, 0.15) is 6.61 Å². The molecule has 16 heavy (non-hydrogen) atoms. The Hall–Kier alpha value is -0.790. The molecule has 1 aliphatic carbocycles. The van der Waals surface area contributed by atoms with Crippen molar-refractivity contribution in [1.29, 1.82) is 0 Å². The van der Waals surface area contributed by atoms with Gasteiger partial charge in [-0.2, -0.15) is 0 Å². The third-order valence-corrected chi connectivity index (χ3v) is 3.87. The quantitative estimate of drug-likeness (QED) is 0.539. The SMILES string of the molecule is C=CCOC(=O)C1(C(C)(C)C)CCCCC1. The Morgan fingerprint density at radius 2 is 1.88 bits per heavy atom. The first-order valence-electron chi connectivity index (χ1n) is 6.22. The van der Waals surface area contributed by atoms with Crippen LogP contribution >= 0.6 is 0 Å². The van der Waals surface area contributed by atoms with Crippen LogP contribution < -0.4 is 0 Å². The summed E-state index contributed by atoms with van der Waals surface area (Å²) in [6.45, 7) is 10.4. The molecule has 92 valence electrons. The van der Waals surface area contributed by atoms with Crippen molar-refractivity contribution in [2.75, 3.05) is 6.61 Å². The van der Waals surface area contributed by atoms with Crippen molar-refractivity contribution in [3.05, 3.63) is 12.7 Å². The number of rotatable bonds is 3. The molecule has 0 atom stereocenters. The van der Waals surface area contributed by atoms with Gasteiger partial charge in [0.2, 0.25) is 0 Å². The summed E-state index contributed by atoms with van der Waals surface area (Å²) in [5.41, 5.74) is -0.306. The average Bonchev–Trinajstić information content (AvgIpc) is 2.25. The van der Waals surface area contributed by atoms with Crippen molar-refractivity contribution in [1.82, 2.24) is 0 Å². The van der Waals surface area contributed by atoms with Crippen LogP contribution in [0.2, 0.25) is 0 Å². The van der Waals surface area contributed by atoms with E-state index < -0.39 is 0 Å². The molecule has 0 N–H and O–H groups in total. The molecule has 2 heteroatoms. The normalized spacial score (nSPS) is 20.2. The molecular formula is C14H24O2. The van der Waals surface area contributed by atoms with E-state index >= 15 is 0 Å². The number of carbonyl (C=O) groups is 1. The highest BCUT2D eigenvalue weighted by Crippen LogP contribution is 2.50. The zero-order chi connectivity index (χ0) is 12.2. The van der Waals surface area contributed by atoms with E-state index in [1.165, 1.54) is 6.42 Å². The molecule has 0 spiro atoms. The molecule has 0 amide bonds. The summed E-state index contributed by atoms with van der Waals surface area (Å²) in [6, 6.07) is 0. The first kappa shape index (κ1) is 13.3. The van der Waals surface area contributed by atoms with Crippen LogP contribution in [-0.4, -0.2) is 12.6 Å². The molecule has 1 aliphatic rings. The van der Waals surface area contributed by atoms with Crippen LogP contribution in [-0.2, 0) is 9.53 Å². The average molecular weight is 224 g/mol. The van der Waals surface area contributed by atoms with Gasteiger partial charge in [0.05, 0.1) is 5.41 Å². The highest BCUT2D eigenvalue weighted by atomic mass is 16.5. The van der Waals surface area contributed by atoms with Crippen LogP contribution in [0.5, 0.6) is 0 Å². The fraction of sp³-hybridized carbons (Fsp3) is 0.786. The predicted molar refractivity (Wildman–Crippen MR) is 66.1 cm³/mol. The van der Waals surface area contributed by atoms with Gasteiger partial charge in [-0.25, -0.2) is 0 Å². The third-order valence-electron chi connectivity index (χ3n) is 3.87. The minimum absolute atomic E-state index is 0.0221. The van der Waals surface area contributed by atoms with Gasteiger partial charge in [-0.3, -0.25) is 4.79 Å². The lowest BCUT2D eigenvalue weighted by Gasteiger charge is -2.45. The third kappa shape index (κ3) is 2.47. The van der Waals surface area contributed by atoms with E-state index in [0.717, 1.165) is 25.7 Å². The molecule has 0 aromatic rings. The summed E-state index contributed by atoms with van der Waals surface area (Å²) in [6.07, 6.45) is 7.09. The highest BCUT2D eigenvalue weighted by Gasteiger charge is 2.49. The molecule has 0 bridgehead atoms. The standard InChI is InChI=1S/C14H24O2/c1-5-11-16-12(15)14(13(2,3)4)9-7-6-8-10-14/h5H,1,6-11H2,2-4H3. The molecule has 0 unspecified atom stereocenters. The Morgan fingerprint density at radius 1 is 1.31 bits per heavy atom. The molecule has 0 heterocycles. The Morgan fingerprint density at radius 3 is 2.31 bits per heavy atom. The lowest BCUT2D eigenvalue weighted by molar-refractivity contribution is -0.165. The van der Waals surface area contributed by atoms with Gasteiger partial charge in [0, 0.05) is 0 Å². The second-order valence-corrected chi connectivity index (χ2v) is 5.78. The van der Waals surface area contributed by atoms with Gasteiger partial charge in [0.15, 0.2) is 0 Å².